The lowest BCUT2D eigenvalue weighted by Crippen LogP contribution is -2.40. The highest BCUT2D eigenvalue weighted by Gasteiger charge is 2.25. The summed E-state index contributed by atoms with van der Waals surface area (Å²) in [4.78, 5) is 26.6. The van der Waals surface area contributed by atoms with Gasteiger partial charge in [-0.15, -0.1) is 0 Å². The summed E-state index contributed by atoms with van der Waals surface area (Å²) in [5.74, 6) is 0.426. The number of benzene rings is 1. The molecule has 0 saturated carbocycles. The molecule has 34 heavy (non-hydrogen) atoms. The van der Waals surface area contributed by atoms with Crippen LogP contribution >= 0.6 is 0 Å². The lowest BCUT2D eigenvalue weighted by Gasteiger charge is -2.26. The van der Waals surface area contributed by atoms with E-state index in [-0.39, 0.29) is 30.3 Å². The van der Waals surface area contributed by atoms with Crippen LogP contribution in [0, 0.1) is 11.7 Å². The zero-order valence-electron chi connectivity index (χ0n) is 20.3. The molecule has 0 saturated heterocycles. The predicted octanol–water partition coefficient (Wildman–Crippen LogP) is 4.26. The van der Waals surface area contributed by atoms with Crippen molar-refractivity contribution in [2.24, 2.45) is 5.92 Å². The Kier molecular flexibility index (Phi) is 10.4. The van der Waals surface area contributed by atoms with Crippen LogP contribution in [0.5, 0.6) is 0 Å². The molecule has 2 unspecified atom stereocenters. The largest absolute Gasteiger partial charge is 0.373 e. The Morgan fingerprint density at radius 2 is 1.91 bits per heavy atom. The average molecular weight is 469 g/mol. The Labute approximate surface area is 200 Å². The van der Waals surface area contributed by atoms with Gasteiger partial charge in [-0.05, 0) is 60.9 Å². The van der Waals surface area contributed by atoms with E-state index in [4.69, 9.17) is 4.74 Å². The summed E-state index contributed by atoms with van der Waals surface area (Å²) in [5, 5.41) is 9.11. The lowest BCUT2D eigenvalue weighted by atomic mass is 10.1. The number of anilines is 1. The van der Waals surface area contributed by atoms with E-state index in [9.17, 15) is 14.0 Å². The van der Waals surface area contributed by atoms with Crippen LogP contribution in [-0.4, -0.2) is 30.5 Å². The number of carbonyl (C=O) groups excluding carboxylic acids is 2. The monoisotopic (exact) mass is 468 g/mol. The highest BCUT2D eigenvalue weighted by molar-refractivity contribution is 5.95. The number of hydrogen-bond acceptors (Lipinski definition) is 6. The number of hydrogen-bond donors (Lipinski definition) is 3. The SMILES string of the molecule is CC(C)C=O.CNc1cc(C(C)NC(=O)C2=CC(C)=CNC2OCc2ccc(F)cc2)ccn1. The Morgan fingerprint density at radius 3 is 2.53 bits per heavy atom. The zero-order chi connectivity index (χ0) is 25.1. The van der Waals surface area contributed by atoms with Crippen molar-refractivity contribution in [3.8, 4) is 0 Å². The van der Waals surface area contributed by atoms with E-state index in [0.717, 1.165) is 28.8 Å². The number of pyridine rings is 1. The summed E-state index contributed by atoms with van der Waals surface area (Å²) in [6.45, 7) is 7.78. The number of halogens is 1. The van der Waals surface area contributed by atoms with Crippen molar-refractivity contribution in [2.75, 3.05) is 12.4 Å². The molecule has 1 aromatic heterocycles. The summed E-state index contributed by atoms with van der Waals surface area (Å²) in [7, 11) is 1.80. The first-order valence-electron chi connectivity index (χ1n) is 11.1. The Bertz CT molecular complexity index is 1020. The standard InChI is InChI=1S/C22H25FN4O2.C4H8O/c1-14-10-19(21(28)27-15(2)17-8-9-25-20(11-17)24-3)22(26-12-14)29-13-16-4-6-18(23)7-5-16;1-4(2)3-5/h4-12,15,22,26H,13H2,1-3H3,(H,24,25)(H,27,28);3-4H,1-2H3. The van der Waals surface area contributed by atoms with Crippen molar-refractivity contribution in [1.29, 1.82) is 0 Å². The molecule has 1 aliphatic rings. The van der Waals surface area contributed by atoms with Gasteiger partial charge in [0.1, 0.15) is 17.9 Å². The molecule has 2 heterocycles. The topological polar surface area (TPSA) is 92.4 Å². The van der Waals surface area contributed by atoms with Crippen LogP contribution in [0.3, 0.4) is 0 Å². The molecule has 0 radical (unpaired) electrons. The van der Waals surface area contributed by atoms with Crippen LogP contribution in [0.2, 0.25) is 0 Å². The van der Waals surface area contributed by atoms with Crippen molar-refractivity contribution >= 4 is 18.0 Å². The van der Waals surface area contributed by atoms with E-state index >= 15 is 0 Å². The Hall–Kier alpha value is -3.52. The van der Waals surface area contributed by atoms with Gasteiger partial charge in [0.25, 0.3) is 5.91 Å². The summed E-state index contributed by atoms with van der Waals surface area (Å²) < 4.78 is 19.0. The van der Waals surface area contributed by atoms with Crippen LogP contribution in [0.15, 0.2) is 66.0 Å². The smallest absolute Gasteiger partial charge is 0.252 e. The van der Waals surface area contributed by atoms with Crippen molar-refractivity contribution in [1.82, 2.24) is 15.6 Å². The summed E-state index contributed by atoms with van der Waals surface area (Å²) in [5.41, 5.74) is 3.18. The van der Waals surface area contributed by atoms with Gasteiger partial charge in [-0.2, -0.15) is 0 Å². The molecule has 0 fully saturated rings. The van der Waals surface area contributed by atoms with Crippen LogP contribution in [-0.2, 0) is 20.9 Å². The van der Waals surface area contributed by atoms with Crippen LogP contribution in [0.1, 0.15) is 44.9 Å². The number of allylic oxidation sites excluding steroid dienone is 2. The Balaban J connectivity index is 0.000000739. The number of nitrogens with zero attached hydrogens (tertiary/aromatic N) is 1. The van der Waals surface area contributed by atoms with E-state index in [0.29, 0.717) is 5.57 Å². The number of dihydropyridines is 1. The van der Waals surface area contributed by atoms with E-state index < -0.39 is 6.23 Å². The second-order valence-corrected chi connectivity index (χ2v) is 8.27. The van der Waals surface area contributed by atoms with Gasteiger partial charge in [0.15, 0.2) is 6.23 Å². The van der Waals surface area contributed by atoms with Crippen LogP contribution in [0.4, 0.5) is 10.2 Å². The number of carbonyl (C=O) groups is 2. The maximum Gasteiger partial charge on any atom is 0.252 e. The first-order chi connectivity index (χ1) is 16.2. The van der Waals surface area contributed by atoms with Gasteiger partial charge in [-0.25, -0.2) is 9.37 Å². The van der Waals surface area contributed by atoms with Gasteiger partial charge in [0.05, 0.1) is 18.2 Å². The molecule has 2 atom stereocenters. The van der Waals surface area contributed by atoms with Crippen LogP contribution < -0.4 is 16.0 Å². The van der Waals surface area contributed by atoms with Gasteiger partial charge < -0.3 is 25.5 Å². The summed E-state index contributed by atoms with van der Waals surface area (Å²) in [6, 6.07) is 9.65. The maximum atomic E-state index is 13.1. The fourth-order valence-corrected chi connectivity index (χ4v) is 2.96. The van der Waals surface area contributed by atoms with Gasteiger partial charge in [0, 0.05) is 25.4 Å². The second kappa shape index (κ2) is 13.3. The Morgan fingerprint density at radius 1 is 1.24 bits per heavy atom. The van der Waals surface area contributed by atoms with Crippen molar-refractivity contribution < 1.29 is 18.7 Å². The minimum atomic E-state index is -0.596. The summed E-state index contributed by atoms with van der Waals surface area (Å²) >= 11 is 0. The molecular formula is C26H33FN4O3. The fourth-order valence-electron chi connectivity index (χ4n) is 2.96. The maximum absolute atomic E-state index is 13.1. The van der Waals surface area contributed by atoms with E-state index in [1.54, 1.807) is 37.7 Å². The lowest BCUT2D eigenvalue weighted by molar-refractivity contribution is -0.120. The number of aldehydes is 1. The minimum absolute atomic E-state index is 0.204. The highest BCUT2D eigenvalue weighted by Crippen LogP contribution is 2.19. The third-order valence-electron chi connectivity index (χ3n) is 4.88. The zero-order valence-corrected chi connectivity index (χ0v) is 20.3. The van der Waals surface area contributed by atoms with E-state index in [2.05, 4.69) is 20.9 Å². The molecule has 0 spiro atoms. The second-order valence-electron chi connectivity index (χ2n) is 8.27. The molecule has 8 heteroatoms. The molecule has 0 aliphatic carbocycles. The molecule has 3 N–H and O–H groups in total. The molecule has 7 nitrogen and oxygen atoms in total. The van der Waals surface area contributed by atoms with Gasteiger partial charge >= 0.3 is 0 Å². The number of ether oxygens (including phenoxy) is 1. The normalized spacial score (nSPS) is 15.7. The number of rotatable bonds is 8. The molecule has 1 amide bonds. The first kappa shape index (κ1) is 26.7. The third-order valence-corrected chi connectivity index (χ3v) is 4.88. The number of nitrogens with one attached hydrogen (secondary N) is 3. The summed E-state index contributed by atoms with van der Waals surface area (Å²) in [6.07, 6.45) is 5.63. The van der Waals surface area contributed by atoms with Gasteiger partial charge in [-0.3, -0.25) is 4.79 Å². The molecule has 1 aromatic carbocycles. The molecule has 0 bridgehead atoms. The quantitative estimate of drug-likeness (QED) is 0.502. The van der Waals surface area contributed by atoms with Gasteiger partial charge in [0.2, 0.25) is 0 Å². The third kappa shape index (κ3) is 8.44. The number of aromatic nitrogens is 1. The molecule has 3 rings (SSSR count). The molecule has 1 aliphatic heterocycles. The van der Waals surface area contributed by atoms with Crippen LogP contribution in [0.25, 0.3) is 0 Å². The predicted molar refractivity (Wildman–Crippen MR) is 131 cm³/mol. The first-order valence-corrected chi connectivity index (χ1v) is 11.1. The van der Waals surface area contributed by atoms with Crippen molar-refractivity contribution in [3.63, 3.8) is 0 Å². The molecule has 2 aromatic rings. The number of amides is 1. The molecular weight excluding hydrogens is 435 g/mol. The fraction of sp³-hybridized carbons (Fsp3) is 0.346. The minimum Gasteiger partial charge on any atom is -0.373 e. The van der Waals surface area contributed by atoms with Crippen molar-refractivity contribution in [3.05, 3.63) is 83.0 Å². The highest BCUT2D eigenvalue weighted by atomic mass is 19.1. The van der Waals surface area contributed by atoms with E-state index in [1.807, 2.05) is 39.8 Å². The van der Waals surface area contributed by atoms with Crippen molar-refractivity contribution in [2.45, 2.75) is 46.6 Å². The average Bonchev–Trinajstić information content (AvgIpc) is 2.84. The molecule has 182 valence electrons. The van der Waals surface area contributed by atoms with Gasteiger partial charge in [-0.1, -0.05) is 26.0 Å². The van der Waals surface area contributed by atoms with E-state index in [1.165, 1.54) is 12.1 Å².